The second-order valence-electron chi connectivity index (χ2n) is 2.86. The first-order valence-corrected chi connectivity index (χ1v) is 4.68. The number of aromatic nitrogens is 1. The molecule has 0 fully saturated rings. The molecule has 0 saturated carbocycles. The maximum Gasteiger partial charge on any atom is 0.0955 e. The summed E-state index contributed by atoms with van der Waals surface area (Å²) in [6, 6.07) is 2.02. The van der Waals surface area contributed by atoms with Gasteiger partial charge in [-0.05, 0) is 18.6 Å². The van der Waals surface area contributed by atoms with E-state index in [0.717, 1.165) is 6.42 Å². The summed E-state index contributed by atoms with van der Waals surface area (Å²) in [5, 5.41) is 0. The number of alkyl halides is 1. The molecule has 1 aromatic heterocycles. The second-order valence-corrected chi connectivity index (χ2v) is 5.47. The first-order chi connectivity index (χ1) is 5.17. The van der Waals surface area contributed by atoms with Crippen molar-refractivity contribution in [3.05, 3.63) is 24.0 Å². The molecule has 1 aliphatic rings. The Kier molecular flexibility index (Phi) is 1.62. The van der Waals surface area contributed by atoms with Crippen molar-refractivity contribution >= 4 is 23.4 Å². The van der Waals surface area contributed by atoms with Crippen molar-refractivity contribution < 1.29 is 0 Å². The molecule has 0 amide bonds. The van der Waals surface area contributed by atoms with Gasteiger partial charge in [0.25, 0.3) is 0 Å². The van der Waals surface area contributed by atoms with Crippen LogP contribution in [0.15, 0.2) is 23.4 Å². The highest BCUT2D eigenvalue weighted by molar-refractivity contribution is 8.02. The molecule has 0 spiro atoms. The van der Waals surface area contributed by atoms with Crippen LogP contribution >= 0.6 is 23.4 Å². The van der Waals surface area contributed by atoms with Crippen LogP contribution in [0.5, 0.6) is 0 Å². The Balaban J connectivity index is 2.41. The quantitative estimate of drug-likeness (QED) is 0.577. The molecule has 1 nitrogen and oxygen atoms in total. The Morgan fingerprint density at radius 3 is 3.27 bits per heavy atom. The molecule has 11 heavy (non-hydrogen) atoms. The zero-order chi connectivity index (χ0) is 7.90. The molecule has 1 atom stereocenters. The van der Waals surface area contributed by atoms with Crippen molar-refractivity contribution in [1.29, 1.82) is 0 Å². The summed E-state index contributed by atoms with van der Waals surface area (Å²) in [5.41, 5.74) is 1.27. The molecule has 0 radical (unpaired) electrons. The van der Waals surface area contributed by atoms with Gasteiger partial charge >= 0.3 is 0 Å². The van der Waals surface area contributed by atoms with Gasteiger partial charge in [0, 0.05) is 23.7 Å². The van der Waals surface area contributed by atoms with E-state index in [1.54, 1.807) is 11.8 Å². The van der Waals surface area contributed by atoms with Crippen molar-refractivity contribution in [2.24, 2.45) is 0 Å². The van der Waals surface area contributed by atoms with E-state index < -0.39 is 0 Å². The number of fused-ring (bicyclic) bond motifs is 1. The highest BCUT2D eigenvalue weighted by atomic mass is 35.5. The van der Waals surface area contributed by atoms with Gasteiger partial charge in [0.05, 0.1) is 4.21 Å². The number of nitrogens with zero attached hydrogens (tertiary/aromatic N) is 1. The van der Waals surface area contributed by atoms with E-state index in [1.807, 2.05) is 25.4 Å². The summed E-state index contributed by atoms with van der Waals surface area (Å²) in [6.07, 6.45) is 4.63. The van der Waals surface area contributed by atoms with E-state index in [1.165, 1.54) is 10.5 Å². The number of hydrogen-bond donors (Lipinski definition) is 0. The standard InChI is InChI=1S/C8H8ClNS/c1-8(9)4-6-5-10-3-2-7(6)11-8/h2-3,5H,4H2,1H3. The summed E-state index contributed by atoms with van der Waals surface area (Å²) in [4.78, 5) is 5.33. The number of rotatable bonds is 0. The molecule has 0 aromatic carbocycles. The maximum atomic E-state index is 6.17. The van der Waals surface area contributed by atoms with Crippen LogP contribution in [0, 0.1) is 0 Å². The SMILES string of the molecule is CC1(Cl)Cc2cnccc2S1. The predicted molar refractivity (Wildman–Crippen MR) is 48.1 cm³/mol. The van der Waals surface area contributed by atoms with Gasteiger partial charge in [-0.15, -0.1) is 23.4 Å². The smallest absolute Gasteiger partial charge is 0.0955 e. The molecule has 0 bridgehead atoms. The van der Waals surface area contributed by atoms with E-state index in [2.05, 4.69) is 4.98 Å². The lowest BCUT2D eigenvalue weighted by molar-refractivity contribution is 0.878. The fourth-order valence-electron chi connectivity index (χ4n) is 1.25. The maximum absolute atomic E-state index is 6.17. The lowest BCUT2D eigenvalue weighted by Gasteiger charge is -2.10. The van der Waals surface area contributed by atoms with Crippen LogP contribution in [0.1, 0.15) is 12.5 Å². The van der Waals surface area contributed by atoms with E-state index in [-0.39, 0.29) is 4.21 Å². The summed E-state index contributed by atoms with van der Waals surface area (Å²) in [6.45, 7) is 2.04. The molecular weight excluding hydrogens is 178 g/mol. The van der Waals surface area contributed by atoms with Crippen LogP contribution in [-0.2, 0) is 6.42 Å². The summed E-state index contributed by atoms with van der Waals surface area (Å²) in [5.74, 6) is 0. The average molecular weight is 186 g/mol. The van der Waals surface area contributed by atoms with E-state index in [4.69, 9.17) is 11.6 Å². The third-order valence-electron chi connectivity index (χ3n) is 1.69. The van der Waals surface area contributed by atoms with Gasteiger partial charge in [-0.1, -0.05) is 0 Å². The van der Waals surface area contributed by atoms with Crippen LogP contribution in [0.3, 0.4) is 0 Å². The summed E-state index contributed by atoms with van der Waals surface area (Å²) < 4.78 is -0.147. The van der Waals surface area contributed by atoms with Crippen molar-refractivity contribution in [3.8, 4) is 0 Å². The highest BCUT2D eigenvalue weighted by Gasteiger charge is 2.31. The average Bonchev–Trinajstić information content (AvgIpc) is 2.21. The molecule has 0 saturated heterocycles. The molecule has 1 aliphatic heterocycles. The second kappa shape index (κ2) is 2.39. The van der Waals surface area contributed by atoms with Crippen LogP contribution in [0.2, 0.25) is 0 Å². The predicted octanol–water partition coefficient (Wildman–Crippen LogP) is 2.68. The zero-order valence-corrected chi connectivity index (χ0v) is 7.75. The normalized spacial score (nSPS) is 28.5. The molecule has 1 unspecified atom stereocenters. The first-order valence-electron chi connectivity index (χ1n) is 3.48. The lowest BCUT2D eigenvalue weighted by atomic mass is 10.2. The topological polar surface area (TPSA) is 12.9 Å². The van der Waals surface area contributed by atoms with Gasteiger partial charge in [-0.25, -0.2) is 0 Å². The molecular formula is C8H8ClNS. The van der Waals surface area contributed by atoms with Gasteiger partial charge in [0.15, 0.2) is 0 Å². The Hall–Kier alpha value is -0.210. The molecule has 3 heteroatoms. The van der Waals surface area contributed by atoms with E-state index >= 15 is 0 Å². The largest absolute Gasteiger partial charge is 0.264 e. The van der Waals surface area contributed by atoms with E-state index in [9.17, 15) is 0 Å². The Morgan fingerprint density at radius 2 is 2.55 bits per heavy atom. The molecule has 2 heterocycles. The molecule has 2 rings (SSSR count). The van der Waals surface area contributed by atoms with Crippen molar-refractivity contribution in [3.63, 3.8) is 0 Å². The lowest BCUT2D eigenvalue weighted by Crippen LogP contribution is -2.07. The third kappa shape index (κ3) is 1.37. The third-order valence-corrected chi connectivity index (χ3v) is 3.24. The summed E-state index contributed by atoms with van der Waals surface area (Å²) >= 11 is 7.89. The highest BCUT2D eigenvalue weighted by Crippen LogP contribution is 2.46. The zero-order valence-electron chi connectivity index (χ0n) is 6.17. The minimum absolute atomic E-state index is 0.147. The summed E-state index contributed by atoms with van der Waals surface area (Å²) in [7, 11) is 0. The van der Waals surface area contributed by atoms with Crippen LogP contribution in [-0.4, -0.2) is 9.19 Å². The minimum atomic E-state index is -0.147. The van der Waals surface area contributed by atoms with Crippen LogP contribution < -0.4 is 0 Å². The Labute approximate surface area is 75.2 Å². The number of thioether (sulfide) groups is 1. The van der Waals surface area contributed by atoms with Crippen LogP contribution in [0.25, 0.3) is 0 Å². The number of hydrogen-bond acceptors (Lipinski definition) is 2. The van der Waals surface area contributed by atoms with Crippen LogP contribution in [0.4, 0.5) is 0 Å². The van der Waals surface area contributed by atoms with Gasteiger partial charge < -0.3 is 0 Å². The Morgan fingerprint density at radius 1 is 1.73 bits per heavy atom. The number of halogens is 1. The molecule has 0 N–H and O–H groups in total. The first kappa shape index (κ1) is 7.44. The molecule has 0 aliphatic carbocycles. The van der Waals surface area contributed by atoms with Gasteiger partial charge in [-0.3, -0.25) is 4.98 Å². The van der Waals surface area contributed by atoms with Gasteiger partial charge in [0.1, 0.15) is 0 Å². The van der Waals surface area contributed by atoms with Gasteiger partial charge in [0.2, 0.25) is 0 Å². The van der Waals surface area contributed by atoms with Crippen molar-refractivity contribution in [2.75, 3.05) is 0 Å². The molecule has 1 aromatic rings. The monoisotopic (exact) mass is 185 g/mol. The number of pyridine rings is 1. The van der Waals surface area contributed by atoms with E-state index in [0.29, 0.717) is 0 Å². The fourth-order valence-corrected chi connectivity index (χ4v) is 2.72. The Bertz CT molecular complexity index is 258. The van der Waals surface area contributed by atoms with Gasteiger partial charge in [-0.2, -0.15) is 0 Å². The van der Waals surface area contributed by atoms with Crippen molar-refractivity contribution in [2.45, 2.75) is 22.4 Å². The fraction of sp³-hybridized carbons (Fsp3) is 0.375. The minimum Gasteiger partial charge on any atom is -0.264 e. The molecule has 58 valence electrons. The van der Waals surface area contributed by atoms with Crippen molar-refractivity contribution in [1.82, 2.24) is 4.98 Å².